The Hall–Kier alpha value is -2.55. The molecule has 2 aliphatic rings. The van der Waals surface area contributed by atoms with Crippen LogP contribution < -0.4 is 15.5 Å². The zero-order valence-electron chi connectivity index (χ0n) is 16.1. The number of carbonyl (C=O) groups excluding carboxylic acids is 2. The van der Waals surface area contributed by atoms with Crippen molar-refractivity contribution in [1.29, 1.82) is 0 Å². The molecule has 2 atom stereocenters. The minimum Gasteiger partial charge on any atom is -0.354 e. The lowest BCUT2D eigenvalue weighted by Gasteiger charge is -2.25. The summed E-state index contributed by atoms with van der Waals surface area (Å²) < 4.78 is 17.5. The van der Waals surface area contributed by atoms with Crippen LogP contribution in [0, 0.1) is 5.82 Å². The van der Waals surface area contributed by atoms with Crippen molar-refractivity contribution in [2.75, 3.05) is 18.0 Å². The van der Waals surface area contributed by atoms with E-state index >= 15 is 0 Å². The van der Waals surface area contributed by atoms with Crippen LogP contribution in [-0.2, 0) is 16.0 Å². The van der Waals surface area contributed by atoms with Gasteiger partial charge in [-0.25, -0.2) is 9.37 Å². The van der Waals surface area contributed by atoms with E-state index in [9.17, 15) is 14.0 Å². The maximum atomic E-state index is 13.1. The Bertz CT molecular complexity index is 872. The quantitative estimate of drug-likeness (QED) is 0.777. The molecule has 3 heterocycles. The molecule has 7 nitrogen and oxygen atoms in total. The fraction of sp³-hybridized carbons (Fsp3) is 0.500. The second-order valence-electron chi connectivity index (χ2n) is 7.50. The van der Waals surface area contributed by atoms with Gasteiger partial charge < -0.3 is 15.5 Å². The van der Waals surface area contributed by atoms with E-state index in [2.05, 4.69) is 20.0 Å². The third kappa shape index (κ3) is 4.72. The fourth-order valence-corrected chi connectivity index (χ4v) is 4.59. The molecular formula is C20H24FN5O2S. The van der Waals surface area contributed by atoms with Gasteiger partial charge in [-0.1, -0.05) is 12.1 Å². The Morgan fingerprint density at radius 3 is 2.90 bits per heavy atom. The van der Waals surface area contributed by atoms with E-state index in [0.29, 0.717) is 30.3 Å². The normalized spacial score (nSPS) is 22.2. The van der Waals surface area contributed by atoms with Gasteiger partial charge in [0.25, 0.3) is 0 Å². The Kier molecular flexibility index (Phi) is 6.03. The molecule has 0 bridgehead atoms. The number of carbonyl (C=O) groups is 2. The van der Waals surface area contributed by atoms with Crippen LogP contribution in [0.1, 0.15) is 43.5 Å². The molecule has 2 amide bonds. The lowest BCUT2D eigenvalue weighted by atomic mass is 10.1. The van der Waals surface area contributed by atoms with Crippen molar-refractivity contribution in [2.24, 2.45) is 0 Å². The molecule has 0 aliphatic carbocycles. The van der Waals surface area contributed by atoms with Crippen LogP contribution in [0.4, 0.5) is 9.52 Å². The van der Waals surface area contributed by atoms with Crippen molar-refractivity contribution in [1.82, 2.24) is 20.0 Å². The molecule has 9 heteroatoms. The second-order valence-corrected chi connectivity index (χ2v) is 8.23. The summed E-state index contributed by atoms with van der Waals surface area (Å²) in [4.78, 5) is 31.6. The van der Waals surface area contributed by atoms with Crippen molar-refractivity contribution in [3.8, 4) is 0 Å². The molecule has 0 radical (unpaired) electrons. The summed E-state index contributed by atoms with van der Waals surface area (Å²) in [5.41, 5.74) is 0.936. The van der Waals surface area contributed by atoms with Gasteiger partial charge in [0.2, 0.25) is 16.9 Å². The highest BCUT2D eigenvalue weighted by Gasteiger charge is 2.35. The molecule has 0 saturated carbocycles. The van der Waals surface area contributed by atoms with E-state index < -0.39 is 6.04 Å². The second kappa shape index (κ2) is 8.86. The molecule has 2 N–H and O–H groups in total. The zero-order valence-corrected chi connectivity index (χ0v) is 16.9. The molecular weight excluding hydrogens is 393 g/mol. The van der Waals surface area contributed by atoms with Crippen molar-refractivity contribution < 1.29 is 14.0 Å². The highest BCUT2D eigenvalue weighted by molar-refractivity contribution is 7.09. The minimum absolute atomic E-state index is 0.0992. The first-order chi connectivity index (χ1) is 14.1. The first-order valence-electron chi connectivity index (χ1n) is 10.0. The van der Waals surface area contributed by atoms with Gasteiger partial charge in [0.05, 0.1) is 0 Å². The van der Waals surface area contributed by atoms with Crippen LogP contribution in [0.5, 0.6) is 0 Å². The average molecular weight is 418 g/mol. The standard InChI is InChI=1S/C20H24FN5O2S/c21-14-8-6-13(7-9-14)12-17-24-20(29-25-17)26-11-3-5-16(26)19(28)23-15-4-1-2-10-22-18(15)27/h6-9,15-16H,1-5,10-12H2,(H,22,27)(H,23,28). The smallest absolute Gasteiger partial charge is 0.243 e. The molecule has 2 aromatic rings. The van der Waals surface area contributed by atoms with E-state index in [1.165, 1.54) is 23.7 Å². The molecule has 154 valence electrons. The number of nitrogens with one attached hydrogen (secondary N) is 2. The Morgan fingerprint density at radius 2 is 2.07 bits per heavy atom. The molecule has 2 fully saturated rings. The van der Waals surface area contributed by atoms with Gasteiger partial charge in [-0.3, -0.25) is 9.59 Å². The van der Waals surface area contributed by atoms with Gasteiger partial charge in [0.1, 0.15) is 23.7 Å². The number of rotatable bonds is 5. The SMILES string of the molecule is O=C1NCCCCC1NC(=O)C1CCCN1c1nc(Cc2ccc(F)cc2)ns1. The molecule has 2 unspecified atom stereocenters. The summed E-state index contributed by atoms with van der Waals surface area (Å²) in [5.74, 6) is 0.164. The van der Waals surface area contributed by atoms with Gasteiger partial charge in [-0.15, -0.1) is 0 Å². The van der Waals surface area contributed by atoms with Crippen molar-refractivity contribution in [2.45, 2.75) is 50.6 Å². The summed E-state index contributed by atoms with van der Waals surface area (Å²) >= 11 is 1.27. The van der Waals surface area contributed by atoms with Gasteiger partial charge in [-0.05, 0) is 49.8 Å². The van der Waals surface area contributed by atoms with Gasteiger partial charge in [-0.2, -0.15) is 4.37 Å². The van der Waals surface area contributed by atoms with Crippen LogP contribution in [0.15, 0.2) is 24.3 Å². The van der Waals surface area contributed by atoms with Gasteiger partial charge in [0.15, 0.2) is 0 Å². The molecule has 1 aromatic heterocycles. The van der Waals surface area contributed by atoms with Crippen LogP contribution >= 0.6 is 11.5 Å². The molecule has 4 rings (SSSR count). The van der Waals surface area contributed by atoms with Gasteiger partial charge in [0, 0.05) is 31.0 Å². The third-order valence-electron chi connectivity index (χ3n) is 5.39. The monoisotopic (exact) mass is 417 g/mol. The lowest BCUT2D eigenvalue weighted by molar-refractivity contribution is -0.129. The average Bonchev–Trinajstić information content (AvgIpc) is 3.33. The Balaban J connectivity index is 1.41. The number of aromatic nitrogens is 2. The summed E-state index contributed by atoms with van der Waals surface area (Å²) in [6.45, 7) is 1.41. The molecule has 2 saturated heterocycles. The maximum absolute atomic E-state index is 13.1. The number of benzene rings is 1. The number of nitrogens with zero attached hydrogens (tertiary/aromatic N) is 3. The number of anilines is 1. The molecule has 1 aromatic carbocycles. The summed E-state index contributed by atoms with van der Waals surface area (Å²) in [7, 11) is 0. The molecule has 29 heavy (non-hydrogen) atoms. The lowest BCUT2D eigenvalue weighted by Crippen LogP contribution is -2.51. The van der Waals surface area contributed by atoms with E-state index in [-0.39, 0.29) is 23.7 Å². The van der Waals surface area contributed by atoms with Crippen molar-refractivity contribution in [3.63, 3.8) is 0 Å². The number of amides is 2. The predicted molar refractivity (Wildman–Crippen MR) is 108 cm³/mol. The maximum Gasteiger partial charge on any atom is 0.243 e. The highest BCUT2D eigenvalue weighted by Crippen LogP contribution is 2.28. The summed E-state index contributed by atoms with van der Waals surface area (Å²) in [6.07, 6.45) is 4.67. The topological polar surface area (TPSA) is 87.2 Å². The van der Waals surface area contributed by atoms with E-state index in [1.54, 1.807) is 12.1 Å². The fourth-order valence-electron chi connectivity index (χ4n) is 3.83. The Labute approximate surface area is 172 Å². The summed E-state index contributed by atoms with van der Waals surface area (Å²) in [6, 6.07) is 5.49. The van der Waals surface area contributed by atoms with Crippen LogP contribution in [0.2, 0.25) is 0 Å². The van der Waals surface area contributed by atoms with Gasteiger partial charge >= 0.3 is 0 Å². The summed E-state index contributed by atoms with van der Waals surface area (Å²) in [5, 5.41) is 6.50. The van der Waals surface area contributed by atoms with E-state index in [4.69, 9.17) is 0 Å². The molecule has 0 spiro atoms. The number of halogens is 1. The van der Waals surface area contributed by atoms with E-state index in [1.807, 2.05) is 4.90 Å². The van der Waals surface area contributed by atoms with Crippen molar-refractivity contribution >= 4 is 28.5 Å². The first kappa shape index (κ1) is 19.8. The minimum atomic E-state index is -0.462. The Morgan fingerprint density at radius 1 is 1.24 bits per heavy atom. The molecule has 2 aliphatic heterocycles. The number of hydrogen-bond acceptors (Lipinski definition) is 6. The van der Waals surface area contributed by atoms with Crippen LogP contribution in [0.25, 0.3) is 0 Å². The number of hydrogen-bond donors (Lipinski definition) is 2. The van der Waals surface area contributed by atoms with Crippen LogP contribution in [0.3, 0.4) is 0 Å². The first-order valence-corrected chi connectivity index (χ1v) is 10.8. The van der Waals surface area contributed by atoms with Crippen LogP contribution in [-0.4, -0.2) is 46.3 Å². The predicted octanol–water partition coefficient (Wildman–Crippen LogP) is 2.02. The highest BCUT2D eigenvalue weighted by atomic mass is 32.1. The largest absolute Gasteiger partial charge is 0.354 e. The third-order valence-corrected chi connectivity index (χ3v) is 6.18. The zero-order chi connectivity index (χ0) is 20.2. The van der Waals surface area contributed by atoms with E-state index in [0.717, 1.165) is 37.8 Å². The van der Waals surface area contributed by atoms with Crippen molar-refractivity contribution in [3.05, 3.63) is 41.5 Å².